The standard InChI is InChI=1S/C76H124O6/c1-4-7-10-13-16-19-22-25-28-30-32-34-35-36-37-38-39-40-41-43-44-46-48-51-54-57-60-63-66-69-75(78)81-72-73(71-80-74(77)68-65-62-59-56-53-50-27-24-21-18-15-12-9-6-3)82-76(79)70-67-64-61-58-55-52-49-47-45-42-33-31-29-26-23-20-17-14-11-8-5-2/h7-8,10-11,15-20,24-29,32-34,42,47,49,55,58,73H,4-6,9,12-14,21-23,30-31,35-41,43-46,48,50-54,56-57,59-72H2,1-3H3/b10-7-,11-8-,18-15-,19-16-,20-17-,27-24-,28-25-,29-26-,34-32-,42-33-,49-47-,58-55-. The predicted octanol–water partition coefficient (Wildman–Crippen LogP) is 23.5. The molecule has 0 rings (SSSR count). The first-order valence-corrected chi connectivity index (χ1v) is 33.8. The highest BCUT2D eigenvalue weighted by atomic mass is 16.6. The molecule has 0 spiro atoms. The lowest BCUT2D eigenvalue weighted by Gasteiger charge is -2.18. The van der Waals surface area contributed by atoms with Crippen LogP contribution in [0.4, 0.5) is 0 Å². The maximum Gasteiger partial charge on any atom is 0.306 e. The highest BCUT2D eigenvalue weighted by molar-refractivity contribution is 5.71. The number of ether oxygens (including phenoxy) is 3. The fraction of sp³-hybridized carbons (Fsp3) is 0.645. The van der Waals surface area contributed by atoms with E-state index in [2.05, 4.69) is 167 Å². The summed E-state index contributed by atoms with van der Waals surface area (Å²) in [5.74, 6) is -0.958. The van der Waals surface area contributed by atoms with Gasteiger partial charge in [-0.2, -0.15) is 0 Å². The molecule has 0 aliphatic rings. The molecule has 0 N–H and O–H groups in total. The minimum absolute atomic E-state index is 0.103. The number of unbranched alkanes of at least 4 members (excludes halogenated alkanes) is 25. The molecule has 0 aliphatic heterocycles. The first-order chi connectivity index (χ1) is 40.5. The summed E-state index contributed by atoms with van der Waals surface area (Å²) < 4.78 is 16.9. The summed E-state index contributed by atoms with van der Waals surface area (Å²) in [5.41, 5.74) is 0. The van der Waals surface area contributed by atoms with Crippen LogP contribution in [-0.4, -0.2) is 37.2 Å². The molecule has 1 atom stereocenters. The highest BCUT2D eigenvalue weighted by Crippen LogP contribution is 2.16. The third kappa shape index (κ3) is 66.1. The first-order valence-electron chi connectivity index (χ1n) is 33.8. The quantitative estimate of drug-likeness (QED) is 0.0261. The number of carbonyl (C=O) groups is 3. The Bertz CT molecular complexity index is 1780. The van der Waals surface area contributed by atoms with Crippen LogP contribution in [0.15, 0.2) is 146 Å². The number of hydrogen-bond acceptors (Lipinski definition) is 6. The van der Waals surface area contributed by atoms with Gasteiger partial charge >= 0.3 is 17.9 Å². The monoisotopic (exact) mass is 1130 g/mol. The summed E-state index contributed by atoms with van der Waals surface area (Å²) in [5, 5.41) is 0. The largest absolute Gasteiger partial charge is 0.462 e. The van der Waals surface area contributed by atoms with E-state index in [-0.39, 0.29) is 37.5 Å². The van der Waals surface area contributed by atoms with E-state index < -0.39 is 6.10 Å². The van der Waals surface area contributed by atoms with Gasteiger partial charge in [-0.3, -0.25) is 14.4 Å². The van der Waals surface area contributed by atoms with Gasteiger partial charge in [-0.1, -0.05) is 289 Å². The van der Waals surface area contributed by atoms with E-state index in [0.29, 0.717) is 19.3 Å². The van der Waals surface area contributed by atoms with Crippen molar-refractivity contribution in [3.63, 3.8) is 0 Å². The van der Waals surface area contributed by atoms with Gasteiger partial charge in [-0.15, -0.1) is 0 Å². The van der Waals surface area contributed by atoms with Gasteiger partial charge in [0.05, 0.1) is 0 Å². The number of rotatable bonds is 60. The van der Waals surface area contributed by atoms with E-state index in [1.165, 1.54) is 109 Å². The zero-order valence-electron chi connectivity index (χ0n) is 53.2. The summed E-state index contributed by atoms with van der Waals surface area (Å²) in [6, 6.07) is 0. The molecule has 0 fully saturated rings. The van der Waals surface area contributed by atoms with Gasteiger partial charge in [-0.25, -0.2) is 0 Å². The van der Waals surface area contributed by atoms with E-state index in [4.69, 9.17) is 14.2 Å². The smallest absolute Gasteiger partial charge is 0.306 e. The second kappa shape index (κ2) is 68.8. The molecule has 0 aromatic carbocycles. The maximum absolute atomic E-state index is 12.9. The Morgan fingerprint density at radius 1 is 0.256 bits per heavy atom. The first kappa shape index (κ1) is 77.3. The van der Waals surface area contributed by atoms with Gasteiger partial charge < -0.3 is 14.2 Å². The molecule has 0 bridgehead atoms. The van der Waals surface area contributed by atoms with Crippen LogP contribution in [0.25, 0.3) is 0 Å². The maximum atomic E-state index is 12.9. The van der Waals surface area contributed by atoms with Crippen LogP contribution in [0.1, 0.15) is 297 Å². The van der Waals surface area contributed by atoms with E-state index in [1.807, 2.05) is 0 Å². The normalized spacial score (nSPS) is 13.1. The van der Waals surface area contributed by atoms with Gasteiger partial charge in [0.15, 0.2) is 6.10 Å². The molecule has 1 unspecified atom stereocenters. The number of esters is 3. The third-order valence-corrected chi connectivity index (χ3v) is 14.1. The van der Waals surface area contributed by atoms with Crippen molar-refractivity contribution in [1.29, 1.82) is 0 Å². The number of carbonyl (C=O) groups excluding carboxylic acids is 3. The lowest BCUT2D eigenvalue weighted by atomic mass is 10.0. The van der Waals surface area contributed by atoms with Crippen molar-refractivity contribution >= 4 is 17.9 Å². The molecule has 0 heterocycles. The number of hydrogen-bond donors (Lipinski definition) is 0. The van der Waals surface area contributed by atoms with Crippen LogP contribution >= 0.6 is 0 Å². The van der Waals surface area contributed by atoms with Crippen molar-refractivity contribution in [3.05, 3.63) is 146 Å². The lowest BCUT2D eigenvalue weighted by molar-refractivity contribution is -0.167. The SMILES string of the molecule is CC/C=C\C/C=C\C/C=C\C/C=C\C/C=C\C/C=C\CCCCC(=O)OC(COC(=O)CCCCCCC/C=C\C/C=C\CCCC)COC(=O)CCCCCCCCCCCCCCCCCC/C=C\C/C=C\C/C=C\C/C=C\CC. The Morgan fingerprint density at radius 3 is 0.768 bits per heavy atom. The molecule has 0 saturated carbocycles. The molecule has 464 valence electrons. The van der Waals surface area contributed by atoms with E-state index in [1.54, 1.807) is 0 Å². The average molecular weight is 1130 g/mol. The fourth-order valence-corrected chi connectivity index (χ4v) is 9.04. The van der Waals surface area contributed by atoms with Crippen molar-refractivity contribution in [1.82, 2.24) is 0 Å². The summed E-state index contributed by atoms with van der Waals surface area (Å²) in [6.45, 7) is 6.34. The van der Waals surface area contributed by atoms with Gasteiger partial charge in [0.25, 0.3) is 0 Å². The Hall–Kier alpha value is -4.71. The van der Waals surface area contributed by atoms with E-state index >= 15 is 0 Å². The topological polar surface area (TPSA) is 78.9 Å². The Morgan fingerprint density at radius 2 is 0.476 bits per heavy atom. The molecule has 82 heavy (non-hydrogen) atoms. The van der Waals surface area contributed by atoms with Crippen LogP contribution < -0.4 is 0 Å². The predicted molar refractivity (Wildman–Crippen MR) is 357 cm³/mol. The number of allylic oxidation sites excluding steroid dienone is 24. The third-order valence-electron chi connectivity index (χ3n) is 14.1. The molecule has 6 nitrogen and oxygen atoms in total. The summed E-state index contributed by atoms with van der Waals surface area (Å²) in [6.07, 6.45) is 98.7. The van der Waals surface area contributed by atoms with Crippen molar-refractivity contribution in [3.8, 4) is 0 Å². The summed E-state index contributed by atoms with van der Waals surface area (Å²) >= 11 is 0. The van der Waals surface area contributed by atoms with Crippen molar-refractivity contribution < 1.29 is 28.6 Å². The molecule has 0 amide bonds. The van der Waals surface area contributed by atoms with Crippen LogP contribution in [0, 0.1) is 0 Å². The molecule has 0 radical (unpaired) electrons. The minimum Gasteiger partial charge on any atom is -0.462 e. The zero-order valence-corrected chi connectivity index (χ0v) is 53.2. The van der Waals surface area contributed by atoms with Crippen LogP contribution in [0.2, 0.25) is 0 Å². The summed E-state index contributed by atoms with van der Waals surface area (Å²) in [7, 11) is 0. The second-order valence-electron chi connectivity index (χ2n) is 22.0. The van der Waals surface area contributed by atoms with Gasteiger partial charge in [0, 0.05) is 19.3 Å². The zero-order chi connectivity index (χ0) is 59.2. The Labute approximate surface area is 506 Å². The Kier molecular flexibility index (Phi) is 64.8. The van der Waals surface area contributed by atoms with Crippen molar-refractivity contribution in [2.24, 2.45) is 0 Å². The molecule has 6 heteroatoms. The van der Waals surface area contributed by atoms with Crippen molar-refractivity contribution in [2.45, 2.75) is 303 Å². The van der Waals surface area contributed by atoms with E-state index in [9.17, 15) is 14.4 Å². The van der Waals surface area contributed by atoms with Crippen LogP contribution in [0.3, 0.4) is 0 Å². The molecule has 0 aromatic heterocycles. The molecule has 0 aliphatic carbocycles. The van der Waals surface area contributed by atoms with Crippen LogP contribution in [-0.2, 0) is 28.6 Å². The van der Waals surface area contributed by atoms with Crippen LogP contribution in [0.5, 0.6) is 0 Å². The molecular weight excluding hydrogens is 1010 g/mol. The Balaban J connectivity index is 4.36. The van der Waals surface area contributed by atoms with Crippen molar-refractivity contribution in [2.75, 3.05) is 13.2 Å². The molecule has 0 saturated heterocycles. The average Bonchev–Trinajstić information content (AvgIpc) is 3.47. The lowest BCUT2D eigenvalue weighted by Crippen LogP contribution is -2.30. The molecular formula is C76H124O6. The van der Waals surface area contributed by atoms with Gasteiger partial charge in [0.1, 0.15) is 13.2 Å². The highest BCUT2D eigenvalue weighted by Gasteiger charge is 2.19. The summed E-state index contributed by atoms with van der Waals surface area (Å²) in [4.78, 5) is 38.4. The van der Waals surface area contributed by atoms with Gasteiger partial charge in [0.2, 0.25) is 0 Å². The van der Waals surface area contributed by atoms with E-state index in [0.717, 1.165) is 141 Å². The molecule has 0 aromatic rings. The fourth-order valence-electron chi connectivity index (χ4n) is 9.04. The second-order valence-corrected chi connectivity index (χ2v) is 22.0. The van der Waals surface area contributed by atoms with Gasteiger partial charge in [-0.05, 0) is 135 Å². The minimum atomic E-state index is -0.813.